The lowest BCUT2D eigenvalue weighted by Crippen LogP contribution is -2.33. The molecule has 4 amide bonds. The second-order valence-corrected chi connectivity index (χ2v) is 7.63. The number of imide groups is 1. The molecule has 1 heterocycles. The Bertz CT molecular complexity index is 905. The fourth-order valence-electron chi connectivity index (χ4n) is 3.11. The van der Waals surface area contributed by atoms with Crippen LogP contribution in [0.3, 0.4) is 0 Å². The number of urea groups is 1. The zero-order valence-corrected chi connectivity index (χ0v) is 17.2. The van der Waals surface area contributed by atoms with E-state index in [0.717, 1.165) is 11.1 Å². The molecule has 0 spiro atoms. The highest BCUT2D eigenvalue weighted by molar-refractivity contribution is 6.35. The van der Waals surface area contributed by atoms with Crippen LogP contribution in [0, 0.1) is 0 Å². The van der Waals surface area contributed by atoms with Crippen molar-refractivity contribution in [2.75, 3.05) is 6.54 Å². The summed E-state index contributed by atoms with van der Waals surface area (Å²) >= 11 is 12.0. The molecule has 1 saturated heterocycles. The van der Waals surface area contributed by atoms with Crippen molar-refractivity contribution in [1.29, 1.82) is 0 Å². The minimum atomic E-state index is -0.678. The van der Waals surface area contributed by atoms with E-state index in [9.17, 15) is 14.4 Å². The van der Waals surface area contributed by atoms with E-state index in [1.54, 1.807) is 12.1 Å². The Balaban J connectivity index is 1.43. The summed E-state index contributed by atoms with van der Waals surface area (Å²) in [6.45, 7) is 0.640. The molecule has 1 atom stereocenters. The summed E-state index contributed by atoms with van der Waals surface area (Å²) in [4.78, 5) is 37.9. The minimum absolute atomic E-state index is 0.143. The topological polar surface area (TPSA) is 78.5 Å². The summed E-state index contributed by atoms with van der Waals surface area (Å²) in [6.07, 6.45) is 0.972. The molecule has 2 aromatic rings. The SMILES string of the molecule is O=C(CCC1NC(=O)N(Cc2ccccc2)C1=O)NCCc1ccc(Cl)cc1Cl. The maximum absolute atomic E-state index is 12.5. The van der Waals surface area contributed by atoms with Gasteiger partial charge in [-0.15, -0.1) is 0 Å². The van der Waals surface area contributed by atoms with Gasteiger partial charge in [-0.2, -0.15) is 0 Å². The molecule has 1 aliphatic heterocycles. The summed E-state index contributed by atoms with van der Waals surface area (Å²) in [5.74, 6) is -0.488. The molecule has 3 rings (SSSR count). The van der Waals surface area contributed by atoms with Crippen LogP contribution in [-0.4, -0.2) is 35.3 Å². The second-order valence-electron chi connectivity index (χ2n) is 6.79. The largest absolute Gasteiger partial charge is 0.356 e. The number of carbonyl (C=O) groups excluding carboxylic acids is 3. The third-order valence-corrected chi connectivity index (χ3v) is 5.27. The van der Waals surface area contributed by atoms with Crippen LogP contribution >= 0.6 is 23.2 Å². The molecule has 152 valence electrons. The monoisotopic (exact) mass is 433 g/mol. The highest BCUT2D eigenvalue weighted by Gasteiger charge is 2.37. The number of hydrogen-bond donors (Lipinski definition) is 2. The van der Waals surface area contributed by atoms with Crippen LogP contribution in [0.2, 0.25) is 10.0 Å². The van der Waals surface area contributed by atoms with E-state index in [1.807, 2.05) is 36.4 Å². The molecule has 8 heteroatoms. The Morgan fingerprint density at radius 1 is 1.10 bits per heavy atom. The van der Waals surface area contributed by atoms with Crippen LogP contribution in [0.25, 0.3) is 0 Å². The Kier molecular flexibility index (Phi) is 7.12. The van der Waals surface area contributed by atoms with Crippen molar-refractivity contribution in [2.45, 2.75) is 31.8 Å². The van der Waals surface area contributed by atoms with Crippen LogP contribution in [0.4, 0.5) is 4.79 Å². The molecule has 1 unspecified atom stereocenters. The first kappa shape index (κ1) is 21.1. The fourth-order valence-corrected chi connectivity index (χ4v) is 3.62. The summed E-state index contributed by atoms with van der Waals surface area (Å²) in [5.41, 5.74) is 1.77. The molecular weight excluding hydrogens is 413 g/mol. The quantitative estimate of drug-likeness (QED) is 0.624. The van der Waals surface area contributed by atoms with Gasteiger partial charge in [0.15, 0.2) is 0 Å². The van der Waals surface area contributed by atoms with E-state index in [2.05, 4.69) is 10.6 Å². The van der Waals surface area contributed by atoms with Crippen molar-refractivity contribution in [3.8, 4) is 0 Å². The summed E-state index contributed by atoms with van der Waals surface area (Å²) in [5, 5.41) is 6.58. The molecule has 2 N–H and O–H groups in total. The van der Waals surface area contributed by atoms with E-state index in [-0.39, 0.29) is 31.2 Å². The molecule has 2 aromatic carbocycles. The molecule has 0 bridgehead atoms. The van der Waals surface area contributed by atoms with Crippen molar-refractivity contribution in [3.63, 3.8) is 0 Å². The van der Waals surface area contributed by atoms with Crippen LogP contribution in [0.1, 0.15) is 24.0 Å². The Labute approximate surface area is 179 Å². The van der Waals surface area contributed by atoms with Gasteiger partial charge in [-0.05, 0) is 36.1 Å². The predicted octanol–water partition coefficient (Wildman–Crippen LogP) is 3.55. The van der Waals surface area contributed by atoms with Gasteiger partial charge in [-0.3, -0.25) is 14.5 Å². The fraction of sp³-hybridized carbons (Fsp3) is 0.286. The smallest absolute Gasteiger partial charge is 0.325 e. The van der Waals surface area contributed by atoms with E-state index in [4.69, 9.17) is 23.2 Å². The van der Waals surface area contributed by atoms with Gasteiger partial charge in [-0.25, -0.2) is 4.79 Å². The predicted molar refractivity (Wildman–Crippen MR) is 112 cm³/mol. The molecule has 1 fully saturated rings. The molecule has 6 nitrogen and oxygen atoms in total. The van der Waals surface area contributed by atoms with E-state index < -0.39 is 12.1 Å². The molecule has 0 radical (unpaired) electrons. The average Bonchev–Trinajstić information content (AvgIpc) is 2.96. The molecule has 1 aliphatic rings. The summed E-state index contributed by atoms with van der Waals surface area (Å²) in [6, 6.07) is 13.4. The Morgan fingerprint density at radius 3 is 2.59 bits per heavy atom. The number of amides is 4. The summed E-state index contributed by atoms with van der Waals surface area (Å²) < 4.78 is 0. The maximum Gasteiger partial charge on any atom is 0.325 e. The van der Waals surface area contributed by atoms with Gasteiger partial charge >= 0.3 is 6.03 Å². The first-order valence-corrected chi connectivity index (χ1v) is 10.1. The molecule has 0 aliphatic carbocycles. The van der Waals surface area contributed by atoms with E-state index in [1.165, 1.54) is 4.90 Å². The lowest BCUT2D eigenvalue weighted by atomic mass is 10.1. The van der Waals surface area contributed by atoms with Crippen molar-refractivity contribution in [1.82, 2.24) is 15.5 Å². The number of rotatable bonds is 8. The van der Waals surface area contributed by atoms with Gasteiger partial charge in [0, 0.05) is 23.0 Å². The van der Waals surface area contributed by atoms with Crippen molar-refractivity contribution in [2.24, 2.45) is 0 Å². The lowest BCUT2D eigenvalue weighted by Gasteiger charge is -2.13. The number of halogens is 2. The van der Waals surface area contributed by atoms with Crippen LogP contribution in [-0.2, 0) is 22.6 Å². The second kappa shape index (κ2) is 9.76. The number of nitrogens with one attached hydrogen (secondary N) is 2. The number of nitrogens with zero attached hydrogens (tertiary/aromatic N) is 1. The first-order valence-electron chi connectivity index (χ1n) is 9.30. The van der Waals surface area contributed by atoms with Crippen LogP contribution in [0.15, 0.2) is 48.5 Å². The highest BCUT2D eigenvalue weighted by Crippen LogP contribution is 2.21. The standard InChI is InChI=1S/C21H21Cl2N3O3/c22-16-7-6-15(17(23)12-16)10-11-24-19(27)9-8-18-20(28)26(21(29)25-18)13-14-4-2-1-3-5-14/h1-7,12,18H,8-11,13H2,(H,24,27)(H,25,29). The zero-order chi connectivity index (χ0) is 20.8. The van der Waals surface area contributed by atoms with Gasteiger partial charge < -0.3 is 10.6 Å². The summed E-state index contributed by atoms with van der Waals surface area (Å²) in [7, 11) is 0. The number of carbonyl (C=O) groups is 3. The average molecular weight is 434 g/mol. The first-order chi connectivity index (χ1) is 13.9. The normalized spacial score (nSPS) is 16.1. The highest BCUT2D eigenvalue weighted by atomic mass is 35.5. The Morgan fingerprint density at radius 2 is 1.86 bits per heavy atom. The van der Waals surface area contributed by atoms with Crippen molar-refractivity contribution in [3.05, 3.63) is 69.7 Å². The number of hydrogen-bond acceptors (Lipinski definition) is 3. The van der Waals surface area contributed by atoms with Crippen molar-refractivity contribution < 1.29 is 14.4 Å². The maximum atomic E-state index is 12.5. The molecular formula is C21H21Cl2N3O3. The van der Waals surface area contributed by atoms with Gasteiger partial charge in [0.2, 0.25) is 5.91 Å². The third kappa shape index (κ3) is 5.71. The zero-order valence-electron chi connectivity index (χ0n) is 15.7. The van der Waals surface area contributed by atoms with Gasteiger partial charge in [-0.1, -0.05) is 59.6 Å². The number of benzene rings is 2. The van der Waals surface area contributed by atoms with Gasteiger partial charge in [0.25, 0.3) is 5.91 Å². The third-order valence-electron chi connectivity index (χ3n) is 4.68. The van der Waals surface area contributed by atoms with Crippen molar-refractivity contribution >= 4 is 41.0 Å². The Hall–Kier alpha value is -2.57. The molecule has 29 heavy (non-hydrogen) atoms. The molecule has 0 aromatic heterocycles. The van der Waals surface area contributed by atoms with E-state index in [0.29, 0.717) is 23.0 Å². The minimum Gasteiger partial charge on any atom is -0.356 e. The van der Waals surface area contributed by atoms with Crippen LogP contribution in [0.5, 0.6) is 0 Å². The van der Waals surface area contributed by atoms with Crippen LogP contribution < -0.4 is 10.6 Å². The molecule has 0 saturated carbocycles. The van der Waals surface area contributed by atoms with Gasteiger partial charge in [0.05, 0.1) is 6.54 Å². The lowest BCUT2D eigenvalue weighted by molar-refractivity contribution is -0.128. The van der Waals surface area contributed by atoms with Gasteiger partial charge in [0.1, 0.15) is 6.04 Å². The van der Waals surface area contributed by atoms with E-state index >= 15 is 0 Å².